The summed E-state index contributed by atoms with van der Waals surface area (Å²) < 4.78 is 10.3. The van der Waals surface area contributed by atoms with Gasteiger partial charge in [0, 0.05) is 11.6 Å². The molecule has 2 rings (SSSR count). The van der Waals surface area contributed by atoms with Crippen molar-refractivity contribution in [1.82, 2.24) is 5.43 Å². The molecule has 9 heteroatoms. The predicted molar refractivity (Wildman–Crippen MR) is 92.7 cm³/mol. The van der Waals surface area contributed by atoms with E-state index < -0.39 is 10.8 Å². The van der Waals surface area contributed by atoms with Crippen LogP contribution in [-0.2, 0) is 0 Å². The van der Waals surface area contributed by atoms with Crippen molar-refractivity contribution >= 4 is 29.4 Å². The minimum atomic E-state index is -0.661. The van der Waals surface area contributed by atoms with Crippen LogP contribution in [-0.4, -0.2) is 31.3 Å². The zero-order valence-electron chi connectivity index (χ0n) is 13.4. The molecule has 0 aliphatic carbocycles. The maximum atomic E-state index is 12.0. The summed E-state index contributed by atoms with van der Waals surface area (Å²) in [6, 6.07) is 8.85. The molecule has 0 aliphatic rings. The van der Waals surface area contributed by atoms with Gasteiger partial charge in [-0.2, -0.15) is 5.10 Å². The molecular weight excluding hydrogens is 350 g/mol. The number of carbonyl (C=O) groups excluding carboxylic acids is 1. The van der Waals surface area contributed by atoms with Gasteiger partial charge in [0.2, 0.25) is 0 Å². The first-order chi connectivity index (χ1) is 12.0. The molecule has 0 spiro atoms. The van der Waals surface area contributed by atoms with E-state index in [9.17, 15) is 14.9 Å². The number of benzene rings is 2. The first-order valence-corrected chi connectivity index (χ1v) is 7.33. The Bertz CT molecular complexity index is 839. The maximum absolute atomic E-state index is 12.0. The molecule has 8 nitrogen and oxygen atoms in total. The Kier molecular flexibility index (Phi) is 5.91. The summed E-state index contributed by atoms with van der Waals surface area (Å²) in [7, 11) is 3.03. The Hall–Kier alpha value is -3.13. The first kappa shape index (κ1) is 18.2. The Balaban J connectivity index is 2.10. The molecule has 0 unspecified atom stereocenters. The molecule has 130 valence electrons. The second kappa shape index (κ2) is 8.11. The van der Waals surface area contributed by atoms with Gasteiger partial charge in [0.1, 0.15) is 5.02 Å². The Morgan fingerprint density at radius 3 is 2.56 bits per heavy atom. The number of methoxy groups -OCH3 is 2. The van der Waals surface area contributed by atoms with Gasteiger partial charge in [0.05, 0.1) is 25.4 Å². The van der Waals surface area contributed by atoms with Gasteiger partial charge in [-0.25, -0.2) is 5.43 Å². The molecule has 0 heterocycles. The molecule has 2 aromatic carbocycles. The second-order valence-corrected chi connectivity index (χ2v) is 5.14. The molecule has 0 saturated heterocycles. The lowest BCUT2D eigenvalue weighted by molar-refractivity contribution is -0.384. The fourth-order valence-electron chi connectivity index (χ4n) is 1.96. The summed E-state index contributed by atoms with van der Waals surface area (Å²) in [6.45, 7) is 0. The summed E-state index contributed by atoms with van der Waals surface area (Å²) in [5, 5.41) is 14.6. The van der Waals surface area contributed by atoms with Crippen LogP contribution >= 0.6 is 11.6 Å². The predicted octanol–water partition coefficient (Wildman–Crippen LogP) is 3.03. The van der Waals surface area contributed by atoms with Crippen LogP contribution in [0.2, 0.25) is 5.02 Å². The topological polar surface area (TPSA) is 103 Å². The number of carbonyl (C=O) groups is 1. The summed E-state index contributed by atoms with van der Waals surface area (Å²) >= 11 is 5.71. The van der Waals surface area contributed by atoms with Crippen LogP contribution in [0.5, 0.6) is 11.5 Å². The SMILES string of the molecule is COc1ccc(/C=N\NC(=O)c2ccc(Cl)c([N+](=O)[O-])c2)cc1OC. The van der Waals surface area contributed by atoms with Crippen molar-refractivity contribution in [2.75, 3.05) is 14.2 Å². The highest BCUT2D eigenvalue weighted by Gasteiger charge is 2.15. The third-order valence-electron chi connectivity index (χ3n) is 3.19. The number of hydrogen-bond acceptors (Lipinski definition) is 6. The summed E-state index contributed by atoms with van der Waals surface area (Å²) in [5.74, 6) is 0.486. The largest absolute Gasteiger partial charge is 0.493 e. The molecule has 0 radical (unpaired) electrons. The number of ether oxygens (including phenoxy) is 2. The molecule has 0 aliphatic heterocycles. The van der Waals surface area contributed by atoms with E-state index >= 15 is 0 Å². The number of nitro groups is 1. The van der Waals surface area contributed by atoms with Gasteiger partial charge >= 0.3 is 0 Å². The van der Waals surface area contributed by atoms with Crippen molar-refractivity contribution in [3.8, 4) is 11.5 Å². The Morgan fingerprint density at radius 2 is 1.92 bits per heavy atom. The van der Waals surface area contributed by atoms with Crippen LogP contribution in [0.1, 0.15) is 15.9 Å². The number of nitrogens with zero attached hydrogens (tertiary/aromatic N) is 2. The van der Waals surface area contributed by atoms with Crippen LogP contribution in [0.3, 0.4) is 0 Å². The zero-order chi connectivity index (χ0) is 18.4. The Labute approximate surface area is 148 Å². The van der Waals surface area contributed by atoms with E-state index in [1.807, 2.05) is 0 Å². The van der Waals surface area contributed by atoms with Crippen molar-refractivity contribution in [3.05, 3.63) is 62.7 Å². The normalized spacial score (nSPS) is 10.5. The van der Waals surface area contributed by atoms with Gasteiger partial charge in [0.15, 0.2) is 11.5 Å². The molecule has 25 heavy (non-hydrogen) atoms. The van der Waals surface area contributed by atoms with Gasteiger partial charge in [-0.15, -0.1) is 0 Å². The van der Waals surface area contributed by atoms with E-state index in [0.717, 1.165) is 6.07 Å². The smallest absolute Gasteiger partial charge is 0.288 e. The van der Waals surface area contributed by atoms with Crippen molar-refractivity contribution in [2.24, 2.45) is 5.10 Å². The average molecular weight is 364 g/mol. The minimum Gasteiger partial charge on any atom is -0.493 e. The molecule has 0 fully saturated rings. The second-order valence-electron chi connectivity index (χ2n) is 4.74. The minimum absolute atomic E-state index is 0.0459. The van der Waals surface area contributed by atoms with E-state index in [2.05, 4.69) is 10.5 Å². The molecule has 2 aromatic rings. The van der Waals surface area contributed by atoms with Crippen LogP contribution in [0, 0.1) is 10.1 Å². The number of hydrogen-bond donors (Lipinski definition) is 1. The third-order valence-corrected chi connectivity index (χ3v) is 3.51. The fourth-order valence-corrected chi connectivity index (χ4v) is 2.14. The van der Waals surface area contributed by atoms with Crippen LogP contribution in [0.25, 0.3) is 0 Å². The number of nitro benzene ring substituents is 1. The van der Waals surface area contributed by atoms with Gasteiger partial charge in [0.25, 0.3) is 11.6 Å². The summed E-state index contributed by atoms with van der Waals surface area (Å²) in [5.41, 5.74) is 2.68. The lowest BCUT2D eigenvalue weighted by Crippen LogP contribution is -2.17. The van der Waals surface area contributed by atoms with Crippen molar-refractivity contribution in [3.63, 3.8) is 0 Å². The molecule has 0 bridgehead atoms. The monoisotopic (exact) mass is 363 g/mol. The van der Waals surface area contributed by atoms with E-state index in [4.69, 9.17) is 21.1 Å². The van der Waals surface area contributed by atoms with Crippen LogP contribution < -0.4 is 14.9 Å². The molecule has 0 saturated carbocycles. The highest BCUT2D eigenvalue weighted by molar-refractivity contribution is 6.32. The number of halogens is 1. The number of nitrogens with one attached hydrogen (secondary N) is 1. The lowest BCUT2D eigenvalue weighted by Gasteiger charge is -2.07. The summed E-state index contributed by atoms with van der Waals surface area (Å²) in [6.07, 6.45) is 1.41. The van der Waals surface area contributed by atoms with Crippen molar-refractivity contribution in [1.29, 1.82) is 0 Å². The van der Waals surface area contributed by atoms with E-state index in [-0.39, 0.29) is 16.3 Å². The van der Waals surface area contributed by atoms with Gasteiger partial charge in [-0.3, -0.25) is 14.9 Å². The molecule has 0 atom stereocenters. The van der Waals surface area contributed by atoms with Gasteiger partial charge in [-0.05, 0) is 35.9 Å². The first-order valence-electron chi connectivity index (χ1n) is 6.95. The molecule has 0 aromatic heterocycles. The molecule has 1 N–H and O–H groups in total. The lowest BCUT2D eigenvalue weighted by atomic mass is 10.2. The highest BCUT2D eigenvalue weighted by Crippen LogP contribution is 2.27. The van der Waals surface area contributed by atoms with E-state index in [0.29, 0.717) is 17.1 Å². The number of amides is 1. The molecule has 1 amide bonds. The zero-order valence-corrected chi connectivity index (χ0v) is 14.1. The third kappa shape index (κ3) is 4.45. The summed E-state index contributed by atoms with van der Waals surface area (Å²) in [4.78, 5) is 22.2. The van der Waals surface area contributed by atoms with Gasteiger partial charge in [-0.1, -0.05) is 11.6 Å². The maximum Gasteiger partial charge on any atom is 0.288 e. The quantitative estimate of drug-likeness (QED) is 0.482. The average Bonchev–Trinajstić information content (AvgIpc) is 2.61. The van der Waals surface area contributed by atoms with Crippen molar-refractivity contribution in [2.45, 2.75) is 0 Å². The van der Waals surface area contributed by atoms with Crippen LogP contribution in [0.15, 0.2) is 41.5 Å². The highest BCUT2D eigenvalue weighted by atomic mass is 35.5. The van der Waals surface area contributed by atoms with Crippen molar-refractivity contribution < 1.29 is 19.2 Å². The fraction of sp³-hybridized carbons (Fsp3) is 0.125. The Morgan fingerprint density at radius 1 is 1.20 bits per heavy atom. The van der Waals surface area contributed by atoms with Gasteiger partial charge < -0.3 is 9.47 Å². The molecular formula is C16H14ClN3O5. The van der Waals surface area contributed by atoms with Crippen LogP contribution in [0.4, 0.5) is 5.69 Å². The number of hydrazone groups is 1. The standard InChI is InChI=1S/C16H14ClN3O5/c1-24-14-6-3-10(7-15(14)25-2)9-18-19-16(21)11-4-5-12(17)13(8-11)20(22)23/h3-9H,1-2H3,(H,19,21)/b18-9-. The number of rotatable bonds is 6. The van der Waals surface area contributed by atoms with E-state index in [1.54, 1.807) is 18.2 Å². The van der Waals surface area contributed by atoms with E-state index in [1.165, 1.54) is 32.6 Å².